The lowest BCUT2D eigenvalue weighted by atomic mass is 10.1. The molecule has 2 aromatic carbocycles. The summed E-state index contributed by atoms with van der Waals surface area (Å²) in [5, 5.41) is 12.0. The van der Waals surface area contributed by atoms with Gasteiger partial charge in [0, 0.05) is 22.3 Å². The zero-order valence-corrected chi connectivity index (χ0v) is 15.2. The van der Waals surface area contributed by atoms with E-state index in [1.807, 2.05) is 18.2 Å². The van der Waals surface area contributed by atoms with E-state index in [1.54, 1.807) is 12.1 Å². The number of rotatable bonds is 2. The third-order valence-corrected chi connectivity index (χ3v) is 4.84. The molecule has 0 saturated carbocycles. The lowest BCUT2D eigenvalue weighted by molar-refractivity contribution is -0.147. The number of hydrogen-bond donors (Lipinski definition) is 2. The van der Waals surface area contributed by atoms with E-state index >= 15 is 0 Å². The Morgan fingerprint density at radius 2 is 1.86 bits per heavy atom. The summed E-state index contributed by atoms with van der Waals surface area (Å²) in [6.45, 7) is 0. The number of fused-ring (bicyclic) bond motifs is 2. The van der Waals surface area contributed by atoms with Crippen molar-refractivity contribution in [3.63, 3.8) is 0 Å². The first-order chi connectivity index (χ1) is 13.4. The number of carbonyl (C=O) groups excluding carboxylic acids is 1. The van der Waals surface area contributed by atoms with Gasteiger partial charge in [0.2, 0.25) is 0 Å². The summed E-state index contributed by atoms with van der Waals surface area (Å²) in [4.78, 5) is 34.9. The van der Waals surface area contributed by atoms with Gasteiger partial charge in [-0.15, -0.1) is 0 Å². The minimum atomic E-state index is -1.59. The first kappa shape index (κ1) is 18.0. The Bertz CT molecular complexity index is 1210. The average molecular weight is 396 g/mol. The van der Waals surface area contributed by atoms with E-state index in [4.69, 9.17) is 21.1 Å². The van der Waals surface area contributed by atoms with Crippen molar-refractivity contribution in [2.75, 3.05) is 5.32 Å². The lowest BCUT2D eigenvalue weighted by Crippen LogP contribution is -2.21. The highest BCUT2D eigenvalue weighted by atomic mass is 35.5. The van der Waals surface area contributed by atoms with Crippen LogP contribution in [0, 0.1) is 0 Å². The number of hydrogen-bond acceptors (Lipinski definition) is 4. The van der Waals surface area contributed by atoms with Crippen molar-refractivity contribution in [1.82, 2.24) is 0 Å². The summed E-state index contributed by atoms with van der Waals surface area (Å²) in [5.41, 5.74) is 2.87. The van der Waals surface area contributed by atoms with Crippen LogP contribution < -0.4 is 10.7 Å². The maximum absolute atomic E-state index is 12.8. The van der Waals surface area contributed by atoms with Gasteiger partial charge in [0.1, 0.15) is 11.3 Å². The molecule has 0 radical (unpaired) electrons. The Balaban J connectivity index is 1.78. The Kier molecular flexibility index (Phi) is 4.49. The Labute approximate surface area is 164 Å². The van der Waals surface area contributed by atoms with Crippen molar-refractivity contribution in [3.8, 4) is 0 Å². The number of nitrogens with one attached hydrogen (secondary N) is 1. The minimum absolute atomic E-state index is 0.119. The molecule has 3 aromatic rings. The number of carbonyl (C=O) groups is 2. The van der Waals surface area contributed by atoms with E-state index < -0.39 is 11.9 Å². The van der Waals surface area contributed by atoms with E-state index in [1.165, 1.54) is 18.2 Å². The molecule has 1 aliphatic rings. The van der Waals surface area contributed by atoms with Crippen LogP contribution in [0.1, 0.15) is 23.3 Å². The molecule has 7 heteroatoms. The highest BCUT2D eigenvalue weighted by Crippen LogP contribution is 2.34. The van der Waals surface area contributed by atoms with Gasteiger partial charge in [0.15, 0.2) is 5.43 Å². The molecular formula is C21H14ClNO5. The zero-order valence-electron chi connectivity index (χ0n) is 14.5. The molecule has 0 fully saturated rings. The Morgan fingerprint density at radius 3 is 2.57 bits per heavy atom. The molecule has 0 saturated heterocycles. The predicted molar refractivity (Wildman–Crippen MR) is 106 cm³/mol. The number of amides is 1. The van der Waals surface area contributed by atoms with Gasteiger partial charge in [-0.2, -0.15) is 0 Å². The predicted octanol–water partition coefficient (Wildman–Crippen LogP) is 3.96. The molecule has 1 aliphatic carbocycles. The molecule has 1 amide bonds. The van der Waals surface area contributed by atoms with Crippen molar-refractivity contribution in [1.29, 1.82) is 0 Å². The standard InChI is InChI=1S/C21H14ClNO5/c22-13-4-1-11(2-5-13)9-12-3-7-16-18(24)15-8-6-14(23-20(25)21(26)27)10-17(15)28-19(12)16/h1-2,4-6,8-10H,3,7H2,(H,23,25)(H,26,27). The number of allylic oxidation sites excluding steroid dienone is 1. The molecule has 0 bridgehead atoms. The van der Waals surface area contributed by atoms with Crippen molar-refractivity contribution < 1.29 is 19.1 Å². The lowest BCUT2D eigenvalue weighted by Gasteiger charge is -2.07. The van der Waals surface area contributed by atoms with Crippen molar-refractivity contribution in [3.05, 3.63) is 74.6 Å². The van der Waals surface area contributed by atoms with Crippen molar-refractivity contribution in [2.24, 2.45) is 0 Å². The van der Waals surface area contributed by atoms with Gasteiger partial charge in [0.05, 0.1) is 5.39 Å². The fourth-order valence-electron chi connectivity index (χ4n) is 3.25. The fourth-order valence-corrected chi connectivity index (χ4v) is 3.38. The smallest absolute Gasteiger partial charge is 0.394 e. The van der Waals surface area contributed by atoms with Crippen LogP contribution in [0.3, 0.4) is 0 Å². The monoisotopic (exact) mass is 395 g/mol. The van der Waals surface area contributed by atoms with E-state index in [9.17, 15) is 14.4 Å². The summed E-state index contributed by atoms with van der Waals surface area (Å²) in [7, 11) is 0. The highest BCUT2D eigenvalue weighted by molar-refractivity contribution is 6.36. The summed E-state index contributed by atoms with van der Waals surface area (Å²) in [5.74, 6) is -2.23. The van der Waals surface area contributed by atoms with Gasteiger partial charge in [-0.05, 0) is 54.3 Å². The van der Waals surface area contributed by atoms with Gasteiger partial charge in [0.25, 0.3) is 0 Å². The third-order valence-electron chi connectivity index (χ3n) is 4.59. The van der Waals surface area contributed by atoms with Crippen LogP contribution in [0.4, 0.5) is 5.69 Å². The molecule has 4 rings (SSSR count). The quantitative estimate of drug-likeness (QED) is 0.640. The first-order valence-electron chi connectivity index (χ1n) is 8.53. The topological polar surface area (TPSA) is 96.6 Å². The van der Waals surface area contributed by atoms with Crippen molar-refractivity contribution >= 4 is 51.8 Å². The maximum Gasteiger partial charge on any atom is 0.394 e. The molecule has 0 spiro atoms. The fraction of sp³-hybridized carbons (Fsp3) is 0.0952. The molecule has 1 heterocycles. The second-order valence-corrected chi connectivity index (χ2v) is 6.87. The minimum Gasteiger partial charge on any atom is -0.474 e. The Morgan fingerprint density at radius 1 is 1.11 bits per heavy atom. The van der Waals surface area contributed by atoms with Gasteiger partial charge in [-0.3, -0.25) is 9.59 Å². The summed E-state index contributed by atoms with van der Waals surface area (Å²) < 4.78 is 5.98. The Hall–Kier alpha value is -3.38. The largest absolute Gasteiger partial charge is 0.474 e. The van der Waals surface area contributed by atoms with Crippen LogP contribution in [-0.2, 0) is 16.0 Å². The first-order valence-corrected chi connectivity index (χ1v) is 8.91. The van der Waals surface area contributed by atoms with E-state index in [2.05, 4.69) is 5.32 Å². The van der Waals surface area contributed by atoms with Gasteiger partial charge in [-0.25, -0.2) is 4.79 Å². The second-order valence-electron chi connectivity index (χ2n) is 6.43. The number of carboxylic acid groups (broad SMARTS) is 1. The molecule has 140 valence electrons. The molecular weight excluding hydrogens is 382 g/mol. The SMILES string of the molecule is O=C(O)C(=O)Nc1ccc2c(=O)c3c(oc2c1)C(=Cc1ccc(Cl)cc1)CC3. The van der Waals surface area contributed by atoms with E-state index in [0.717, 1.165) is 11.1 Å². The van der Waals surface area contributed by atoms with Gasteiger partial charge >= 0.3 is 11.9 Å². The van der Waals surface area contributed by atoms with E-state index in [-0.39, 0.29) is 16.7 Å². The van der Waals surface area contributed by atoms with Crippen LogP contribution in [0.5, 0.6) is 0 Å². The number of benzene rings is 2. The average Bonchev–Trinajstić information content (AvgIpc) is 3.06. The molecule has 6 nitrogen and oxygen atoms in total. The molecule has 2 N–H and O–H groups in total. The number of carboxylic acids is 1. The van der Waals surface area contributed by atoms with Crippen LogP contribution >= 0.6 is 11.6 Å². The van der Waals surface area contributed by atoms with Gasteiger partial charge < -0.3 is 14.8 Å². The molecule has 0 atom stereocenters. The number of halogens is 1. The normalized spacial score (nSPS) is 14.2. The third kappa shape index (κ3) is 3.30. The molecule has 1 aromatic heterocycles. The van der Waals surface area contributed by atoms with Crippen LogP contribution in [0.25, 0.3) is 22.6 Å². The van der Waals surface area contributed by atoms with E-state index in [0.29, 0.717) is 34.6 Å². The molecule has 0 aliphatic heterocycles. The number of aliphatic carboxylic acids is 1. The summed E-state index contributed by atoms with van der Waals surface area (Å²) >= 11 is 5.92. The zero-order chi connectivity index (χ0) is 19.8. The van der Waals surface area contributed by atoms with Crippen LogP contribution in [0.2, 0.25) is 5.02 Å². The molecule has 28 heavy (non-hydrogen) atoms. The maximum atomic E-state index is 12.8. The second kappa shape index (κ2) is 6.98. The summed E-state index contributed by atoms with van der Waals surface area (Å²) in [6.07, 6.45) is 3.22. The highest BCUT2D eigenvalue weighted by Gasteiger charge is 2.24. The van der Waals surface area contributed by atoms with Crippen LogP contribution in [0.15, 0.2) is 51.7 Å². The molecule has 0 unspecified atom stereocenters. The summed E-state index contributed by atoms with van der Waals surface area (Å²) in [6, 6.07) is 11.8. The van der Waals surface area contributed by atoms with Crippen LogP contribution in [-0.4, -0.2) is 17.0 Å². The number of anilines is 1. The van der Waals surface area contributed by atoms with Crippen molar-refractivity contribution in [2.45, 2.75) is 12.8 Å². The van der Waals surface area contributed by atoms with Gasteiger partial charge in [-0.1, -0.05) is 23.7 Å².